The first-order chi connectivity index (χ1) is 14.3. The van der Waals surface area contributed by atoms with Gasteiger partial charge in [0.1, 0.15) is 0 Å². The third-order valence-corrected chi connectivity index (χ3v) is 6.73. The third-order valence-electron chi connectivity index (χ3n) is 6.73. The topological polar surface area (TPSA) is 85.6 Å². The summed E-state index contributed by atoms with van der Waals surface area (Å²) in [7, 11) is 0. The molecule has 3 aromatic rings. The summed E-state index contributed by atoms with van der Waals surface area (Å²) in [6.45, 7) is 4.64. The van der Waals surface area contributed by atoms with Gasteiger partial charge in [0.25, 0.3) is 0 Å². The van der Waals surface area contributed by atoms with Crippen molar-refractivity contribution in [3.8, 4) is 5.88 Å². The van der Waals surface area contributed by atoms with Crippen molar-refractivity contribution in [3.05, 3.63) is 46.2 Å². The maximum absolute atomic E-state index is 5.83. The summed E-state index contributed by atoms with van der Waals surface area (Å²) < 4.78 is 10.1. The lowest BCUT2D eigenvalue weighted by molar-refractivity contribution is 0.190. The standard InChI is InChI=1S/C21H27N7O/c1-13-9-23-28-15(5-6-29-21(13)28)7-14-10-24-27-16(11-22-12-20(14)27)8-19-17-3-2-4-18(17)25-26-19/h9-10,15-16,22H,2-8,11-12H2,1H3,(H,25,26). The number of aryl methyl sites for hydroxylation is 2. The molecule has 0 amide bonds. The van der Waals surface area contributed by atoms with Crippen molar-refractivity contribution in [2.75, 3.05) is 13.2 Å². The number of aromatic nitrogens is 6. The Hall–Kier alpha value is -2.61. The molecule has 3 aromatic heterocycles. The molecule has 8 nitrogen and oxygen atoms in total. The second-order valence-corrected chi connectivity index (χ2v) is 8.60. The molecule has 2 N–H and O–H groups in total. The quantitative estimate of drug-likeness (QED) is 0.709. The van der Waals surface area contributed by atoms with Gasteiger partial charge in [0.2, 0.25) is 5.88 Å². The van der Waals surface area contributed by atoms with Crippen LogP contribution >= 0.6 is 0 Å². The second kappa shape index (κ2) is 6.73. The van der Waals surface area contributed by atoms with Crippen molar-refractivity contribution >= 4 is 0 Å². The fraction of sp³-hybridized carbons (Fsp3) is 0.571. The van der Waals surface area contributed by atoms with E-state index in [-0.39, 0.29) is 0 Å². The van der Waals surface area contributed by atoms with Gasteiger partial charge in [-0.2, -0.15) is 15.3 Å². The van der Waals surface area contributed by atoms with E-state index in [4.69, 9.17) is 9.84 Å². The predicted molar refractivity (Wildman–Crippen MR) is 107 cm³/mol. The smallest absolute Gasteiger partial charge is 0.215 e. The molecule has 29 heavy (non-hydrogen) atoms. The minimum atomic E-state index is 0.329. The van der Waals surface area contributed by atoms with E-state index in [1.807, 2.05) is 6.20 Å². The average molecular weight is 393 g/mol. The molecule has 0 saturated heterocycles. The first kappa shape index (κ1) is 17.3. The van der Waals surface area contributed by atoms with E-state index in [1.54, 1.807) is 0 Å². The lowest BCUT2D eigenvalue weighted by atomic mass is 10.0. The summed E-state index contributed by atoms with van der Waals surface area (Å²) in [6.07, 6.45) is 10.4. The highest BCUT2D eigenvalue weighted by molar-refractivity contribution is 5.31. The van der Waals surface area contributed by atoms with Crippen LogP contribution in [0.1, 0.15) is 58.7 Å². The number of hydrogen-bond donors (Lipinski definition) is 2. The van der Waals surface area contributed by atoms with Crippen LogP contribution in [-0.4, -0.2) is 42.9 Å². The predicted octanol–water partition coefficient (Wildman–Crippen LogP) is 2.05. The molecule has 8 heteroatoms. The Morgan fingerprint density at radius 3 is 3.03 bits per heavy atom. The Morgan fingerprint density at radius 2 is 2.07 bits per heavy atom. The van der Waals surface area contributed by atoms with Crippen LogP contribution < -0.4 is 10.1 Å². The van der Waals surface area contributed by atoms with Crippen LogP contribution in [0.2, 0.25) is 0 Å². The minimum Gasteiger partial charge on any atom is -0.478 e. The lowest BCUT2D eigenvalue weighted by Gasteiger charge is -2.28. The van der Waals surface area contributed by atoms with Gasteiger partial charge in [-0.3, -0.25) is 9.78 Å². The number of ether oxygens (including phenoxy) is 1. The zero-order chi connectivity index (χ0) is 19.4. The van der Waals surface area contributed by atoms with Crippen LogP contribution in [0, 0.1) is 6.92 Å². The van der Waals surface area contributed by atoms with E-state index >= 15 is 0 Å². The summed E-state index contributed by atoms with van der Waals surface area (Å²) >= 11 is 0. The van der Waals surface area contributed by atoms with Gasteiger partial charge in [-0.05, 0) is 43.7 Å². The Balaban J connectivity index is 1.25. The summed E-state index contributed by atoms with van der Waals surface area (Å²) in [5, 5.41) is 20.8. The fourth-order valence-corrected chi connectivity index (χ4v) is 5.22. The van der Waals surface area contributed by atoms with Gasteiger partial charge in [0.05, 0.1) is 42.5 Å². The fourth-order valence-electron chi connectivity index (χ4n) is 5.22. The van der Waals surface area contributed by atoms with Crippen molar-refractivity contribution in [2.45, 2.75) is 64.1 Å². The molecule has 0 aromatic carbocycles. The molecule has 6 rings (SSSR count). The van der Waals surface area contributed by atoms with E-state index in [9.17, 15) is 0 Å². The van der Waals surface area contributed by atoms with Gasteiger partial charge >= 0.3 is 0 Å². The van der Waals surface area contributed by atoms with E-state index < -0.39 is 0 Å². The highest BCUT2D eigenvalue weighted by Gasteiger charge is 2.29. The Bertz CT molecular complexity index is 1050. The van der Waals surface area contributed by atoms with Gasteiger partial charge in [-0.25, -0.2) is 4.68 Å². The van der Waals surface area contributed by atoms with Gasteiger partial charge in [-0.15, -0.1) is 0 Å². The molecular formula is C21H27N7O. The lowest BCUT2D eigenvalue weighted by Crippen LogP contribution is -2.35. The van der Waals surface area contributed by atoms with Crippen molar-refractivity contribution in [1.82, 2.24) is 35.1 Å². The van der Waals surface area contributed by atoms with Crippen molar-refractivity contribution in [1.29, 1.82) is 0 Å². The molecule has 2 unspecified atom stereocenters. The van der Waals surface area contributed by atoms with Crippen LogP contribution in [0.4, 0.5) is 0 Å². The van der Waals surface area contributed by atoms with E-state index in [0.717, 1.165) is 63.2 Å². The molecule has 5 heterocycles. The first-order valence-corrected chi connectivity index (χ1v) is 10.8. The molecule has 2 aliphatic heterocycles. The molecular weight excluding hydrogens is 366 g/mol. The van der Waals surface area contributed by atoms with Crippen molar-refractivity contribution in [2.24, 2.45) is 0 Å². The monoisotopic (exact) mass is 393 g/mol. The minimum absolute atomic E-state index is 0.329. The van der Waals surface area contributed by atoms with Gasteiger partial charge in [0.15, 0.2) is 0 Å². The summed E-state index contributed by atoms with van der Waals surface area (Å²) in [4.78, 5) is 0. The molecule has 152 valence electrons. The zero-order valence-electron chi connectivity index (χ0n) is 16.8. The number of hydrogen-bond acceptors (Lipinski definition) is 5. The molecule has 0 saturated carbocycles. The van der Waals surface area contributed by atoms with Gasteiger partial charge in [0, 0.05) is 37.2 Å². The van der Waals surface area contributed by atoms with Crippen LogP contribution in [0.25, 0.3) is 0 Å². The zero-order valence-corrected chi connectivity index (χ0v) is 16.8. The second-order valence-electron chi connectivity index (χ2n) is 8.60. The third kappa shape index (κ3) is 2.80. The van der Waals surface area contributed by atoms with E-state index in [2.05, 4.69) is 43.1 Å². The maximum Gasteiger partial charge on any atom is 0.215 e. The molecule has 0 fully saturated rings. The van der Waals surface area contributed by atoms with Gasteiger partial charge in [-0.1, -0.05) is 0 Å². The molecule has 2 atom stereocenters. The average Bonchev–Trinajstić information content (AvgIpc) is 3.49. The van der Waals surface area contributed by atoms with Crippen LogP contribution in [0.3, 0.4) is 0 Å². The Morgan fingerprint density at radius 1 is 1.14 bits per heavy atom. The molecule has 0 bridgehead atoms. The molecule has 1 aliphatic carbocycles. The number of H-pyrrole nitrogens is 1. The molecule has 3 aliphatic rings. The van der Waals surface area contributed by atoms with E-state index in [1.165, 1.54) is 34.6 Å². The highest BCUT2D eigenvalue weighted by Crippen LogP contribution is 2.33. The summed E-state index contributed by atoms with van der Waals surface area (Å²) in [6, 6.07) is 0.660. The molecule has 0 spiro atoms. The van der Waals surface area contributed by atoms with Crippen LogP contribution in [-0.2, 0) is 32.2 Å². The van der Waals surface area contributed by atoms with E-state index in [0.29, 0.717) is 12.1 Å². The van der Waals surface area contributed by atoms with Crippen molar-refractivity contribution < 1.29 is 4.74 Å². The van der Waals surface area contributed by atoms with Crippen LogP contribution in [0.15, 0.2) is 12.4 Å². The first-order valence-electron chi connectivity index (χ1n) is 10.8. The summed E-state index contributed by atoms with van der Waals surface area (Å²) in [5.74, 6) is 0.923. The number of rotatable bonds is 4. The summed E-state index contributed by atoms with van der Waals surface area (Å²) in [5.41, 5.74) is 7.77. The number of aromatic amines is 1. The Labute approximate surface area is 169 Å². The van der Waals surface area contributed by atoms with Crippen LogP contribution in [0.5, 0.6) is 5.88 Å². The SMILES string of the molecule is Cc1cnn2c1OCCC2Cc1cnn2c1CNCC2Cc1[nH]nc2c1CCC2. The number of fused-ring (bicyclic) bond motifs is 3. The maximum atomic E-state index is 5.83. The van der Waals surface area contributed by atoms with Gasteiger partial charge < -0.3 is 10.1 Å². The normalized spacial score (nSPS) is 22.8. The number of nitrogens with one attached hydrogen (secondary N) is 2. The molecule has 0 radical (unpaired) electrons. The van der Waals surface area contributed by atoms with Crippen molar-refractivity contribution in [3.63, 3.8) is 0 Å². The number of nitrogens with zero attached hydrogens (tertiary/aromatic N) is 5. The Kier molecular flexibility index (Phi) is 4.00. The highest BCUT2D eigenvalue weighted by atomic mass is 16.5. The largest absolute Gasteiger partial charge is 0.478 e.